The largest absolute Gasteiger partial charge is 0.392 e. The Balaban J connectivity index is 1.80. The maximum atomic E-state index is 12.4. The normalized spacial score (nSPS) is 10.8. The molecule has 0 aliphatic carbocycles. The highest BCUT2D eigenvalue weighted by Crippen LogP contribution is 2.30. The first kappa shape index (κ1) is 14.8. The average Bonchev–Trinajstić information content (AvgIpc) is 2.90. The minimum atomic E-state index is -0.0635. The Labute approximate surface area is 133 Å². The number of hydrogen-bond acceptors (Lipinski definition) is 3. The molecule has 3 nitrogen and oxygen atoms in total. The first-order valence-corrected chi connectivity index (χ1v) is 7.96. The third-order valence-corrected chi connectivity index (χ3v) is 5.05. The number of thiophene rings is 1. The second kappa shape index (κ2) is 6.30. The summed E-state index contributed by atoms with van der Waals surface area (Å²) in [5.74, 6) is -0.0635. The first-order valence-electron chi connectivity index (χ1n) is 7.14. The molecular weight excluding hydrogens is 294 g/mol. The van der Waals surface area contributed by atoms with Crippen LogP contribution in [-0.4, -0.2) is 11.0 Å². The zero-order chi connectivity index (χ0) is 15.5. The standard InChI is InChI=1S/C18H17NO2S/c1-12-15-8-4-5-9-16(15)22-17(12)18(21)19-10-13-6-2-3-7-14(13)11-20/h2-9,20H,10-11H2,1H3,(H,19,21). The molecule has 1 aromatic heterocycles. The molecule has 22 heavy (non-hydrogen) atoms. The predicted octanol–water partition coefficient (Wildman–Crippen LogP) is 3.63. The molecule has 0 bridgehead atoms. The summed E-state index contributed by atoms with van der Waals surface area (Å²) in [5.41, 5.74) is 2.81. The smallest absolute Gasteiger partial charge is 0.261 e. The van der Waals surface area contributed by atoms with Crippen molar-refractivity contribution >= 4 is 27.3 Å². The van der Waals surface area contributed by atoms with E-state index in [4.69, 9.17) is 0 Å². The fourth-order valence-corrected chi connectivity index (χ4v) is 3.66. The van der Waals surface area contributed by atoms with Crippen molar-refractivity contribution in [2.45, 2.75) is 20.1 Å². The number of fused-ring (bicyclic) bond motifs is 1. The summed E-state index contributed by atoms with van der Waals surface area (Å²) in [6.07, 6.45) is 0. The Morgan fingerprint density at radius 3 is 2.50 bits per heavy atom. The van der Waals surface area contributed by atoms with Crippen molar-refractivity contribution in [3.8, 4) is 0 Å². The molecule has 0 saturated carbocycles. The van der Waals surface area contributed by atoms with E-state index in [0.717, 1.165) is 31.7 Å². The molecule has 0 spiro atoms. The lowest BCUT2D eigenvalue weighted by molar-refractivity contribution is 0.0954. The quantitative estimate of drug-likeness (QED) is 0.773. The van der Waals surface area contributed by atoms with Gasteiger partial charge in [-0.1, -0.05) is 42.5 Å². The number of rotatable bonds is 4. The summed E-state index contributed by atoms with van der Waals surface area (Å²) in [4.78, 5) is 13.2. The van der Waals surface area contributed by atoms with Gasteiger partial charge in [0, 0.05) is 11.2 Å². The zero-order valence-electron chi connectivity index (χ0n) is 12.3. The van der Waals surface area contributed by atoms with Gasteiger partial charge in [-0.15, -0.1) is 11.3 Å². The molecule has 3 aromatic rings. The van der Waals surface area contributed by atoms with Crippen LogP contribution >= 0.6 is 11.3 Å². The molecular formula is C18H17NO2S. The van der Waals surface area contributed by atoms with Crippen LogP contribution in [0.3, 0.4) is 0 Å². The molecule has 0 atom stereocenters. The lowest BCUT2D eigenvalue weighted by Crippen LogP contribution is -2.23. The van der Waals surface area contributed by atoms with E-state index in [9.17, 15) is 9.90 Å². The molecule has 2 aromatic carbocycles. The van der Waals surface area contributed by atoms with Gasteiger partial charge in [-0.25, -0.2) is 0 Å². The lowest BCUT2D eigenvalue weighted by atomic mass is 10.1. The van der Waals surface area contributed by atoms with Crippen LogP contribution in [0.15, 0.2) is 48.5 Å². The second-order valence-electron chi connectivity index (χ2n) is 5.16. The van der Waals surface area contributed by atoms with E-state index in [1.54, 1.807) is 0 Å². The van der Waals surface area contributed by atoms with Crippen LogP contribution in [0, 0.1) is 6.92 Å². The molecule has 4 heteroatoms. The molecule has 0 aliphatic heterocycles. The van der Waals surface area contributed by atoms with Crippen molar-refractivity contribution in [3.63, 3.8) is 0 Å². The molecule has 3 rings (SSSR count). The minimum absolute atomic E-state index is 0.0199. The molecule has 0 radical (unpaired) electrons. The van der Waals surface area contributed by atoms with Crippen LogP contribution in [0.5, 0.6) is 0 Å². The Morgan fingerprint density at radius 2 is 1.77 bits per heavy atom. The maximum Gasteiger partial charge on any atom is 0.261 e. The van der Waals surface area contributed by atoms with Gasteiger partial charge in [0.05, 0.1) is 11.5 Å². The van der Waals surface area contributed by atoms with Gasteiger partial charge in [-0.05, 0) is 35.1 Å². The van der Waals surface area contributed by atoms with Crippen molar-refractivity contribution in [2.24, 2.45) is 0 Å². The van der Waals surface area contributed by atoms with Crippen molar-refractivity contribution in [1.29, 1.82) is 0 Å². The predicted molar refractivity (Wildman–Crippen MR) is 90.1 cm³/mol. The topological polar surface area (TPSA) is 49.3 Å². The Hall–Kier alpha value is -2.17. The molecule has 1 amide bonds. The fraction of sp³-hybridized carbons (Fsp3) is 0.167. The number of nitrogens with one attached hydrogen (secondary N) is 1. The van der Waals surface area contributed by atoms with Gasteiger partial charge in [0.15, 0.2) is 0 Å². The highest BCUT2D eigenvalue weighted by Gasteiger charge is 2.15. The van der Waals surface area contributed by atoms with E-state index in [0.29, 0.717) is 6.54 Å². The van der Waals surface area contributed by atoms with Crippen LogP contribution < -0.4 is 5.32 Å². The Bertz CT molecular complexity index is 823. The number of aryl methyl sites for hydroxylation is 1. The lowest BCUT2D eigenvalue weighted by Gasteiger charge is -2.08. The fourth-order valence-electron chi connectivity index (χ4n) is 2.53. The molecule has 1 heterocycles. The number of hydrogen-bond donors (Lipinski definition) is 2. The summed E-state index contributed by atoms with van der Waals surface area (Å²) in [6.45, 7) is 2.38. The molecule has 0 fully saturated rings. The SMILES string of the molecule is Cc1c(C(=O)NCc2ccccc2CO)sc2ccccc12. The van der Waals surface area contributed by atoms with Gasteiger partial charge < -0.3 is 10.4 Å². The van der Waals surface area contributed by atoms with E-state index in [1.807, 2.05) is 55.5 Å². The van der Waals surface area contributed by atoms with E-state index in [1.165, 1.54) is 11.3 Å². The van der Waals surface area contributed by atoms with Gasteiger partial charge in [0.25, 0.3) is 5.91 Å². The van der Waals surface area contributed by atoms with Gasteiger partial charge in [-0.2, -0.15) is 0 Å². The van der Waals surface area contributed by atoms with Gasteiger partial charge in [0.1, 0.15) is 0 Å². The highest BCUT2D eigenvalue weighted by molar-refractivity contribution is 7.21. The molecule has 0 aliphatic rings. The zero-order valence-corrected chi connectivity index (χ0v) is 13.1. The van der Waals surface area contributed by atoms with Crippen molar-refractivity contribution in [1.82, 2.24) is 5.32 Å². The van der Waals surface area contributed by atoms with Crippen LogP contribution in [0.4, 0.5) is 0 Å². The number of benzene rings is 2. The maximum absolute atomic E-state index is 12.4. The first-order chi connectivity index (χ1) is 10.7. The molecule has 2 N–H and O–H groups in total. The van der Waals surface area contributed by atoms with Crippen molar-refractivity contribution in [3.05, 3.63) is 70.1 Å². The highest BCUT2D eigenvalue weighted by atomic mass is 32.1. The monoisotopic (exact) mass is 311 g/mol. The molecule has 112 valence electrons. The van der Waals surface area contributed by atoms with Crippen molar-refractivity contribution in [2.75, 3.05) is 0 Å². The van der Waals surface area contributed by atoms with Crippen LogP contribution in [0.2, 0.25) is 0 Å². The van der Waals surface area contributed by atoms with Crippen LogP contribution in [0.1, 0.15) is 26.4 Å². The van der Waals surface area contributed by atoms with Gasteiger partial charge in [0.2, 0.25) is 0 Å². The van der Waals surface area contributed by atoms with Crippen LogP contribution in [-0.2, 0) is 13.2 Å². The number of carbonyl (C=O) groups excluding carboxylic acids is 1. The summed E-state index contributed by atoms with van der Waals surface area (Å²) in [7, 11) is 0. The summed E-state index contributed by atoms with van der Waals surface area (Å²) in [5, 5.41) is 13.4. The number of amides is 1. The van der Waals surface area contributed by atoms with Gasteiger partial charge in [-0.3, -0.25) is 4.79 Å². The van der Waals surface area contributed by atoms with E-state index < -0.39 is 0 Å². The van der Waals surface area contributed by atoms with E-state index >= 15 is 0 Å². The third-order valence-electron chi connectivity index (χ3n) is 3.78. The Morgan fingerprint density at radius 1 is 1.09 bits per heavy atom. The summed E-state index contributed by atoms with van der Waals surface area (Å²) < 4.78 is 1.13. The average molecular weight is 311 g/mol. The third kappa shape index (κ3) is 2.75. The second-order valence-corrected chi connectivity index (χ2v) is 6.21. The van der Waals surface area contributed by atoms with Crippen molar-refractivity contribution < 1.29 is 9.90 Å². The molecule has 0 unspecified atom stereocenters. The van der Waals surface area contributed by atoms with E-state index in [-0.39, 0.29) is 12.5 Å². The Kier molecular flexibility index (Phi) is 4.22. The van der Waals surface area contributed by atoms with Gasteiger partial charge >= 0.3 is 0 Å². The number of carbonyl (C=O) groups is 1. The minimum Gasteiger partial charge on any atom is -0.392 e. The molecule has 0 saturated heterocycles. The van der Waals surface area contributed by atoms with E-state index in [2.05, 4.69) is 5.32 Å². The summed E-state index contributed by atoms with van der Waals surface area (Å²) >= 11 is 1.52. The van der Waals surface area contributed by atoms with Crippen LogP contribution in [0.25, 0.3) is 10.1 Å². The number of aliphatic hydroxyl groups is 1. The number of aliphatic hydroxyl groups excluding tert-OH is 1. The summed E-state index contributed by atoms with van der Waals surface area (Å²) in [6, 6.07) is 15.6.